The Kier molecular flexibility index (Phi) is 3.92. The standard InChI is InChI=1S/C6H10N6O/c7-11-9-3-5-1-2-6(13-5)4-10-12-8/h5-6H,1-4H2/t5-,6-/m1/s1. The summed E-state index contributed by atoms with van der Waals surface area (Å²) in [6, 6.07) is 0. The van der Waals surface area contributed by atoms with Gasteiger partial charge in [-0.15, -0.1) is 0 Å². The molecule has 0 bridgehead atoms. The molecule has 1 saturated heterocycles. The fraction of sp³-hybridized carbons (Fsp3) is 1.00. The second kappa shape index (κ2) is 5.27. The van der Waals surface area contributed by atoms with E-state index in [0.717, 1.165) is 12.8 Å². The molecule has 70 valence electrons. The molecule has 0 unspecified atom stereocenters. The van der Waals surface area contributed by atoms with E-state index in [4.69, 9.17) is 15.8 Å². The van der Waals surface area contributed by atoms with Crippen molar-refractivity contribution in [1.29, 1.82) is 0 Å². The molecule has 13 heavy (non-hydrogen) atoms. The maximum Gasteiger partial charge on any atom is 0.0636 e. The van der Waals surface area contributed by atoms with Crippen molar-refractivity contribution in [3.05, 3.63) is 20.9 Å². The van der Waals surface area contributed by atoms with E-state index in [2.05, 4.69) is 20.1 Å². The second-order valence-electron chi connectivity index (χ2n) is 2.78. The van der Waals surface area contributed by atoms with Crippen LogP contribution in [0.1, 0.15) is 12.8 Å². The fourth-order valence-electron chi connectivity index (χ4n) is 1.30. The molecular weight excluding hydrogens is 172 g/mol. The average molecular weight is 182 g/mol. The molecule has 7 heteroatoms. The zero-order valence-corrected chi connectivity index (χ0v) is 7.07. The number of hydrogen-bond donors (Lipinski definition) is 0. The summed E-state index contributed by atoms with van der Waals surface area (Å²) in [7, 11) is 0. The summed E-state index contributed by atoms with van der Waals surface area (Å²) in [6.45, 7) is 0.729. The minimum atomic E-state index is -0.00482. The molecule has 1 aliphatic heterocycles. The minimum absolute atomic E-state index is 0.00482. The van der Waals surface area contributed by atoms with E-state index in [-0.39, 0.29) is 12.2 Å². The van der Waals surface area contributed by atoms with Crippen LogP contribution in [-0.4, -0.2) is 25.3 Å². The molecule has 1 heterocycles. The number of ether oxygens (including phenoxy) is 1. The Bertz CT molecular complexity index is 228. The van der Waals surface area contributed by atoms with E-state index in [9.17, 15) is 0 Å². The quantitative estimate of drug-likeness (QED) is 0.370. The van der Waals surface area contributed by atoms with Crippen molar-refractivity contribution in [2.75, 3.05) is 13.1 Å². The Balaban J connectivity index is 2.27. The molecule has 1 fully saturated rings. The van der Waals surface area contributed by atoms with Crippen LogP contribution in [0.25, 0.3) is 20.9 Å². The number of azide groups is 2. The second-order valence-corrected chi connectivity index (χ2v) is 2.78. The van der Waals surface area contributed by atoms with Crippen molar-refractivity contribution in [3.8, 4) is 0 Å². The number of nitrogens with zero attached hydrogens (tertiary/aromatic N) is 6. The SMILES string of the molecule is [N-]=[N+]=NC[C@H]1CC[C@H](CN=[N+]=[N-])O1. The van der Waals surface area contributed by atoms with E-state index in [1.54, 1.807) is 0 Å². The first kappa shape index (κ1) is 9.67. The molecular formula is C6H10N6O. The van der Waals surface area contributed by atoms with Gasteiger partial charge in [0.25, 0.3) is 0 Å². The van der Waals surface area contributed by atoms with Crippen molar-refractivity contribution in [2.24, 2.45) is 10.2 Å². The van der Waals surface area contributed by atoms with Crippen molar-refractivity contribution >= 4 is 0 Å². The summed E-state index contributed by atoms with van der Waals surface area (Å²) in [6.07, 6.45) is 1.72. The van der Waals surface area contributed by atoms with Gasteiger partial charge < -0.3 is 4.74 Å². The van der Waals surface area contributed by atoms with Gasteiger partial charge in [-0.2, -0.15) is 0 Å². The Morgan fingerprint density at radius 2 is 1.54 bits per heavy atom. The number of rotatable bonds is 4. The van der Waals surface area contributed by atoms with Crippen LogP contribution in [0.5, 0.6) is 0 Å². The smallest absolute Gasteiger partial charge is 0.0636 e. The summed E-state index contributed by atoms with van der Waals surface area (Å²) in [4.78, 5) is 5.30. The van der Waals surface area contributed by atoms with E-state index in [0.29, 0.717) is 13.1 Å². The van der Waals surface area contributed by atoms with Crippen molar-refractivity contribution < 1.29 is 4.74 Å². The normalized spacial score (nSPS) is 26.2. The first-order valence-corrected chi connectivity index (χ1v) is 4.04. The summed E-state index contributed by atoms with van der Waals surface area (Å²) >= 11 is 0. The Morgan fingerprint density at radius 1 is 1.08 bits per heavy atom. The van der Waals surface area contributed by atoms with Gasteiger partial charge in [0.1, 0.15) is 0 Å². The molecule has 0 radical (unpaired) electrons. The summed E-state index contributed by atoms with van der Waals surface area (Å²) in [5.74, 6) is 0. The molecule has 0 saturated carbocycles. The van der Waals surface area contributed by atoms with Crippen LogP contribution in [0.15, 0.2) is 10.2 Å². The van der Waals surface area contributed by atoms with Gasteiger partial charge in [0, 0.05) is 9.82 Å². The molecule has 0 aromatic heterocycles. The van der Waals surface area contributed by atoms with Crippen LogP contribution in [0, 0.1) is 0 Å². The van der Waals surface area contributed by atoms with Gasteiger partial charge in [-0.05, 0) is 23.9 Å². The molecule has 1 rings (SSSR count). The monoisotopic (exact) mass is 182 g/mol. The molecule has 1 aliphatic rings. The van der Waals surface area contributed by atoms with Gasteiger partial charge in [0.2, 0.25) is 0 Å². The lowest BCUT2D eigenvalue weighted by Gasteiger charge is -2.08. The molecule has 0 aromatic carbocycles. The molecule has 0 aromatic rings. The third-order valence-electron chi connectivity index (χ3n) is 1.89. The van der Waals surface area contributed by atoms with Gasteiger partial charge in [-0.25, -0.2) is 0 Å². The lowest BCUT2D eigenvalue weighted by atomic mass is 10.2. The van der Waals surface area contributed by atoms with Gasteiger partial charge in [0.15, 0.2) is 0 Å². The highest BCUT2D eigenvalue weighted by atomic mass is 16.5. The first-order valence-electron chi connectivity index (χ1n) is 4.04. The highest BCUT2D eigenvalue weighted by Gasteiger charge is 2.23. The van der Waals surface area contributed by atoms with Crippen LogP contribution >= 0.6 is 0 Å². The van der Waals surface area contributed by atoms with Crippen LogP contribution in [0.3, 0.4) is 0 Å². The topological polar surface area (TPSA) is 107 Å². The highest BCUT2D eigenvalue weighted by Crippen LogP contribution is 2.20. The Hall–Kier alpha value is -1.42. The predicted octanol–water partition coefficient (Wildman–Crippen LogP) is 2.15. The number of hydrogen-bond acceptors (Lipinski definition) is 3. The summed E-state index contributed by atoms with van der Waals surface area (Å²) in [5.41, 5.74) is 16.1. The molecule has 0 N–H and O–H groups in total. The van der Waals surface area contributed by atoms with E-state index >= 15 is 0 Å². The van der Waals surface area contributed by atoms with Crippen LogP contribution < -0.4 is 0 Å². The minimum Gasteiger partial charge on any atom is -0.375 e. The lowest BCUT2D eigenvalue weighted by molar-refractivity contribution is 0.0556. The van der Waals surface area contributed by atoms with E-state index in [1.807, 2.05) is 0 Å². The van der Waals surface area contributed by atoms with Crippen molar-refractivity contribution in [1.82, 2.24) is 0 Å². The van der Waals surface area contributed by atoms with Gasteiger partial charge in [-0.3, -0.25) is 0 Å². The predicted molar refractivity (Wildman–Crippen MR) is 45.9 cm³/mol. The molecule has 7 nitrogen and oxygen atoms in total. The van der Waals surface area contributed by atoms with E-state index in [1.165, 1.54) is 0 Å². The maximum absolute atomic E-state index is 8.07. The van der Waals surface area contributed by atoms with Crippen LogP contribution in [-0.2, 0) is 4.74 Å². The Morgan fingerprint density at radius 3 is 1.92 bits per heavy atom. The molecule has 0 spiro atoms. The highest BCUT2D eigenvalue weighted by molar-refractivity contribution is 4.76. The van der Waals surface area contributed by atoms with Gasteiger partial charge >= 0.3 is 0 Å². The van der Waals surface area contributed by atoms with Crippen molar-refractivity contribution in [3.63, 3.8) is 0 Å². The Labute approximate surface area is 74.9 Å². The third kappa shape index (κ3) is 3.21. The van der Waals surface area contributed by atoms with E-state index < -0.39 is 0 Å². The molecule has 0 amide bonds. The largest absolute Gasteiger partial charge is 0.375 e. The van der Waals surface area contributed by atoms with Crippen molar-refractivity contribution in [2.45, 2.75) is 25.0 Å². The summed E-state index contributed by atoms with van der Waals surface area (Å²) < 4.78 is 5.44. The van der Waals surface area contributed by atoms with Gasteiger partial charge in [0.05, 0.1) is 25.3 Å². The van der Waals surface area contributed by atoms with Crippen LogP contribution in [0.4, 0.5) is 0 Å². The lowest BCUT2D eigenvalue weighted by Crippen LogP contribution is -2.15. The zero-order valence-electron chi connectivity index (χ0n) is 7.07. The first-order chi connectivity index (χ1) is 6.36. The fourth-order valence-corrected chi connectivity index (χ4v) is 1.30. The summed E-state index contributed by atoms with van der Waals surface area (Å²) in [5, 5.41) is 6.84. The zero-order chi connectivity index (χ0) is 9.52. The van der Waals surface area contributed by atoms with Crippen LogP contribution in [0.2, 0.25) is 0 Å². The molecule has 2 atom stereocenters. The maximum atomic E-state index is 8.07. The molecule has 0 aliphatic carbocycles. The van der Waals surface area contributed by atoms with Gasteiger partial charge in [-0.1, -0.05) is 10.2 Å². The third-order valence-corrected chi connectivity index (χ3v) is 1.89. The average Bonchev–Trinajstić information content (AvgIpc) is 2.59.